The summed E-state index contributed by atoms with van der Waals surface area (Å²) in [5, 5.41) is 13.4. The molecule has 1 aromatic carbocycles. The summed E-state index contributed by atoms with van der Waals surface area (Å²) in [4.78, 5) is 48.2. The van der Waals surface area contributed by atoms with E-state index in [4.69, 9.17) is 10.1 Å². The summed E-state index contributed by atoms with van der Waals surface area (Å²) >= 11 is 0. The van der Waals surface area contributed by atoms with Crippen molar-refractivity contribution < 1.29 is 19.1 Å². The van der Waals surface area contributed by atoms with E-state index in [1.54, 1.807) is 30.5 Å². The predicted octanol–water partition coefficient (Wildman–Crippen LogP) is 0.639. The molecule has 1 atom stereocenters. The maximum atomic E-state index is 13.1. The van der Waals surface area contributed by atoms with Crippen molar-refractivity contribution in [1.29, 1.82) is 5.41 Å². The number of piperazine rings is 1. The standard InChI is InChI=1S/C27H29N7O4/c1-3-32-10-12-33(13-11-32)23(28)22-7-4-18(15-29-22)8-9-27(25(36)30-26(37)31-27)17-34-16-19-5-6-20(38-2)14-21(19)24(34)35/h4-7,14-15,28H,3,10-13,16-17H2,1-2H3,(H2,30,31,36,37). The Morgan fingerprint density at radius 1 is 1.16 bits per heavy atom. The molecule has 1 aromatic heterocycles. The van der Waals surface area contributed by atoms with Gasteiger partial charge >= 0.3 is 6.03 Å². The molecular weight excluding hydrogens is 486 g/mol. The van der Waals surface area contributed by atoms with Crippen molar-refractivity contribution in [3.05, 3.63) is 58.9 Å². The SMILES string of the molecule is CCN1CCN(C(=N)c2ccc(C#CC3(CN4Cc5ccc(OC)cc5C4=O)NC(=O)NC3=O)cn2)CC1. The number of imide groups is 1. The number of fused-ring (bicyclic) bond motifs is 1. The summed E-state index contributed by atoms with van der Waals surface area (Å²) in [6, 6.07) is 8.05. The zero-order valence-electron chi connectivity index (χ0n) is 21.3. The molecule has 2 saturated heterocycles. The number of rotatable bonds is 5. The van der Waals surface area contributed by atoms with Gasteiger partial charge in [0.1, 0.15) is 17.3 Å². The zero-order chi connectivity index (χ0) is 26.9. The molecule has 2 aromatic rings. The fraction of sp³-hybridized carbons (Fsp3) is 0.370. The molecule has 3 aliphatic rings. The van der Waals surface area contributed by atoms with E-state index < -0.39 is 17.5 Å². The fourth-order valence-electron chi connectivity index (χ4n) is 4.85. The van der Waals surface area contributed by atoms with Crippen LogP contribution in [0.2, 0.25) is 0 Å². The summed E-state index contributed by atoms with van der Waals surface area (Å²) in [7, 11) is 1.53. The van der Waals surface area contributed by atoms with Gasteiger partial charge in [-0.1, -0.05) is 24.8 Å². The quantitative estimate of drug-likeness (QED) is 0.231. The van der Waals surface area contributed by atoms with Gasteiger partial charge in [-0.2, -0.15) is 0 Å². The Hall–Kier alpha value is -4.43. The van der Waals surface area contributed by atoms with E-state index in [1.165, 1.54) is 12.0 Å². The Morgan fingerprint density at radius 3 is 2.58 bits per heavy atom. The number of nitrogens with zero attached hydrogens (tertiary/aromatic N) is 4. The highest BCUT2D eigenvalue weighted by atomic mass is 16.5. The summed E-state index contributed by atoms with van der Waals surface area (Å²) < 4.78 is 5.22. The minimum absolute atomic E-state index is 0.118. The number of methoxy groups -OCH3 is 1. The van der Waals surface area contributed by atoms with Crippen LogP contribution in [0, 0.1) is 17.3 Å². The Labute approximate surface area is 220 Å². The topological polar surface area (TPSA) is 131 Å². The molecule has 38 heavy (non-hydrogen) atoms. The molecule has 2 fully saturated rings. The van der Waals surface area contributed by atoms with Crippen molar-refractivity contribution >= 4 is 23.7 Å². The fourth-order valence-corrected chi connectivity index (χ4v) is 4.85. The molecule has 4 heterocycles. The van der Waals surface area contributed by atoms with Gasteiger partial charge in [-0.3, -0.25) is 25.3 Å². The number of ether oxygens (including phenoxy) is 1. The monoisotopic (exact) mass is 515 g/mol. The number of carbonyl (C=O) groups excluding carboxylic acids is 3. The van der Waals surface area contributed by atoms with Gasteiger partial charge in [-0.25, -0.2) is 4.79 Å². The lowest BCUT2D eigenvalue weighted by Crippen LogP contribution is -2.54. The Kier molecular flexibility index (Phi) is 6.73. The van der Waals surface area contributed by atoms with Crippen LogP contribution in [-0.2, 0) is 11.3 Å². The molecule has 0 radical (unpaired) electrons. The first-order valence-corrected chi connectivity index (χ1v) is 12.5. The van der Waals surface area contributed by atoms with Crippen LogP contribution < -0.4 is 15.4 Å². The average molecular weight is 516 g/mol. The third-order valence-corrected chi connectivity index (χ3v) is 7.13. The van der Waals surface area contributed by atoms with E-state index in [-0.39, 0.29) is 19.0 Å². The van der Waals surface area contributed by atoms with E-state index in [0.717, 1.165) is 38.3 Å². The highest BCUT2D eigenvalue weighted by Crippen LogP contribution is 2.28. The molecule has 0 bridgehead atoms. The Balaban J connectivity index is 1.33. The van der Waals surface area contributed by atoms with Gasteiger partial charge < -0.3 is 24.8 Å². The normalized spacial score (nSPS) is 20.9. The highest BCUT2D eigenvalue weighted by molar-refractivity contribution is 6.10. The van der Waals surface area contributed by atoms with Gasteiger partial charge in [0, 0.05) is 50.0 Å². The number of amides is 4. The Morgan fingerprint density at radius 2 is 1.95 bits per heavy atom. The minimum atomic E-state index is -1.61. The lowest BCUT2D eigenvalue weighted by molar-refractivity contribution is -0.122. The highest BCUT2D eigenvalue weighted by Gasteiger charge is 2.48. The maximum absolute atomic E-state index is 13.1. The predicted molar refractivity (Wildman–Crippen MR) is 139 cm³/mol. The number of benzene rings is 1. The van der Waals surface area contributed by atoms with Gasteiger partial charge in [0.25, 0.3) is 11.8 Å². The number of amidine groups is 1. The lowest BCUT2D eigenvalue weighted by atomic mass is 9.99. The minimum Gasteiger partial charge on any atom is -0.497 e. The summed E-state index contributed by atoms with van der Waals surface area (Å²) in [6.45, 7) is 6.68. The van der Waals surface area contributed by atoms with Gasteiger partial charge in [0.05, 0.1) is 13.7 Å². The van der Waals surface area contributed by atoms with E-state index >= 15 is 0 Å². The number of nitrogens with one attached hydrogen (secondary N) is 3. The van der Waals surface area contributed by atoms with Crippen LogP contribution in [0.5, 0.6) is 5.75 Å². The van der Waals surface area contributed by atoms with Crippen molar-refractivity contribution in [3.63, 3.8) is 0 Å². The van der Waals surface area contributed by atoms with Crippen LogP contribution in [0.25, 0.3) is 0 Å². The van der Waals surface area contributed by atoms with Crippen molar-refractivity contribution in [2.75, 3.05) is 46.4 Å². The summed E-state index contributed by atoms with van der Waals surface area (Å²) in [6.07, 6.45) is 1.55. The number of pyridine rings is 1. The number of likely N-dealkylation sites (N-methyl/N-ethyl adjacent to an activating group) is 1. The van der Waals surface area contributed by atoms with Crippen LogP contribution in [0.4, 0.5) is 4.79 Å². The van der Waals surface area contributed by atoms with Crippen molar-refractivity contribution in [3.8, 4) is 17.6 Å². The molecular formula is C27H29N7O4. The van der Waals surface area contributed by atoms with Crippen molar-refractivity contribution in [2.45, 2.75) is 19.0 Å². The first-order chi connectivity index (χ1) is 18.3. The molecule has 11 nitrogen and oxygen atoms in total. The van der Waals surface area contributed by atoms with Crippen LogP contribution in [0.3, 0.4) is 0 Å². The van der Waals surface area contributed by atoms with E-state index in [1.807, 2.05) is 11.0 Å². The molecule has 1 unspecified atom stereocenters. The molecule has 0 aliphatic carbocycles. The van der Waals surface area contributed by atoms with Crippen LogP contribution >= 0.6 is 0 Å². The smallest absolute Gasteiger partial charge is 0.323 e. The molecule has 11 heteroatoms. The zero-order valence-corrected chi connectivity index (χ0v) is 21.3. The second kappa shape index (κ2) is 10.1. The van der Waals surface area contributed by atoms with Crippen LogP contribution in [0.1, 0.15) is 34.1 Å². The largest absolute Gasteiger partial charge is 0.497 e. The van der Waals surface area contributed by atoms with Crippen LogP contribution in [0.15, 0.2) is 36.5 Å². The second-order valence-corrected chi connectivity index (χ2v) is 9.45. The maximum Gasteiger partial charge on any atom is 0.323 e. The first kappa shape index (κ1) is 25.2. The molecule has 196 valence electrons. The van der Waals surface area contributed by atoms with Gasteiger partial charge in [-0.15, -0.1) is 0 Å². The van der Waals surface area contributed by atoms with Crippen molar-refractivity contribution in [1.82, 2.24) is 30.3 Å². The van der Waals surface area contributed by atoms with Gasteiger partial charge in [-0.05, 0) is 36.4 Å². The molecule has 3 aliphatic heterocycles. The van der Waals surface area contributed by atoms with Gasteiger partial charge in [0.2, 0.25) is 5.54 Å². The number of urea groups is 1. The van der Waals surface area contributed by atoms with E-state index in [0.29, 0.717) is 28.4 Å². The van der Waals surface area contributed by atoms with E-state index in [9.17, 15) is 14.4 Å². The third kappa shape index (κ3) is 4.78. The first-order valence-electron chi connectivity index (χ1n) is 12.5. The molecule has 3 N–H and O–H groups in total. The average Bonchev–Trinajstić information content (AvgIpc) is 3.40. The third-order valence-electron chi connectivity index (χ3n) is 7.13. The summed E-state index contributed by atoms with van der Waals surface area (Å²) in [5.74, 6) is 5.86. The molecule has 4 amide bonds. The number of aromatic nitrogens is 1. The summed E-state index contributed by atoms with van der Waals surface area (Å²) in [5.41, 5.74) is 0.755. The second-order valence-electron chi connectivity index (χ2n) is 9.45. The molecule has 0 spiro atoms. The van der Waals surface area contributed by atoms with Crippen molar-refractivity contribution in [2.24, 2.45) is 0 Å². The lowest BCUT2D eigenvalue weighted by Gasteiger charge is -2.35. The number of hydrogen-bond acceptors (Lipinski definition) is 7. The van der Waals surface area contributed by atoms with E-state index in [2.05, 4.69) is 39.3 Å². The molecule has 5 rings (SSSR count). The Bertz CT molecular complexity index is 1360. The molecule has 0 saturated carbocycles. The number of carbonyl (C=O) groups is 3. The number of hydrogen-bond donors (Lipinski definition) is 3. The van der Waals surface area contributed by atoms with Gasteiger partial charge in [0.15, 0.2) is 0 Å². The van der Waals surface area contributed by atoms with Crippen LogP contribution in [-0.4, -0.2) is 95.3 Å².